The van der Waals surface area contributed by atoms with Gasteiger partial charge in [0.1, 0.15) is 12.4 Å². The predicted molar refractivity (Wildman–Crippen MR) is 47.5 cm³/mol. The minimum absolute atomic E-state index is 0.0680. The molecule has 0 aromatic carbocycles. The zero-order valence-electron chi connectivity index (χ0n) is 8.21. The van der Waals surface area contributed by atoms with Gasteiger partial charge in [0.05, 0.1) is 7.11 Å². The maximum Gasteiger partial charge on any atom is 0.435 e. The van der Waals surface area contributed by atoms with E-state index in [4.69, 9.17) is 0 Å². The van der Waals surface area contributed by atoms with E-state index in [0.717, 1.165) is 12.1 Å². The van der Waals surface area contributed by atoms with Crippen LogP contribution in [0.4, 0.5) is 19.0 Å². The van der Waals surface area contributed by atoms with Gasteiger partial charge < -0.3 is 10.1 Å². The number of anilines is 1. The number of aromatic nitrogens is 2. The zero-order chi connectivity index (χ0) is 12.2. The van der Waals surface area contributed by atoms with E-state index in [2.05, 4.69) is 20.3 Å². The van der Waals surface area contributed by atoms with Crippen LogP contribution in [-0.4, -0.2) is 29.8 Å². The van der Waals surface area contributed by atoms with Crippen LogP contribution < -0.4 is 5.32 Å². The molecule has 0 bridgehead atoms. The van der Waals surface area contributed by atoms with Crippen molar-refractivity contribution >= 4 is 11.8 Å². The van der Waals surface area contributed by atoms with E-state index < -0.39 is 17.8 Å². The van der Waals surface area contributed by atoms with Gasteiger partial charge in [0.2, 0.25) is 0 Å². The zero-order valence-corrected chi connectivity index (χ0v) is 8.21. The molecule has 0 spiro atoms. The van der Waals surface area contributed by atoms with Crippen molar-refractivity contribution in [1.29, 1.82) is 0 Å². The van der Waals surface area contributed by atoms with Gasteiger partial charge in [0.15, 0.2) is 5.69 Å². The highest BCUT2D eigenvalue weighted by Crippen LogP contribution is 2.26. The summed E-state index contributed by atoms with van der Waals surface area (Å²) < 4.78 is 40.6. The fraction of sp³-hybridized carbons (Fsp3) is 0.375. The Morgan fingerprint density at radius 2 is 2.12 bits per heavy atom. The molecule has 1 heterocycles. The number of methoxy groups -OCH3 is 1. The Morgan fingerprint density at radius 3 is 2.56 bits per heavy atom. The third kappa shape index (κ3) is 3.37. The molecule has 0 atom stereocenters. The van der Waals surface area contributed by atoms with Gasteiger partial charge >= 0.3 is 12.1 Å². The lowest BCUT2D eigenvalue weighted by Gasteiger charge is -2.06. The van der Waals surface area contributed by atoms with Crippen LogP contribution in [0.2, 0.25) is 0 Å². The fourth-order valence-corrected chi connectivity index (χ4v) is 0.813. The molecule has 0 saturated heterocycles. The molecule has 0 aliphatic carbocycles. The molecule has 1 aromatic heterocycles. The molecule has 0 amide bonds. The van der Waals surface area contributed by atoms with E-state index in [0.29, 0.717) is 0 Å². The first-order valence-electron chi connectivity index (χ1n) is 4.15. The van der Waals surface area contributed by atoms with Gasteiger partial charge in [-0.1, -0.05) is 0 Å². The van der Waals surface area contributed by atoms with E-state index >= 15 is 0 Å². The Hall–Kier alpha value is -1.86. The number of carbonyl (C=O) groups is 1. The van der Waals surface area contributed by atoms with Crippen LogP contribution in [0.15, 0.2) is 12.1 Å². The van der Waals surface area contributed by atoms with Crippen LogP contribution in [0.1, 0.15) is 5.69 Å². The second-order valence-electron chi connectivity index (χ2n) is 2.73. The summed E-state index contributed by atoms with van der Waals surface area (Å²) in [4.78, 5) is 10.7. The van der Waals surface area contributed by atoms with Gasteiger partial charge in [-0.2, -0.15) is 13.2 Å². The van der Waals surface area contributed by atoms with Crippen LogP contribution in [0.25, 0.3) is 0 Å². The summed E-state index contributed by atoms with van der Waals surface area (Å²) in [5, 5.41) is 8.69. The van der Waals surface area contributed by atoms with E-state index in [1.54, 1.807) is 0 Å². The molecule has 1 N–H and O–H groups in total. The molecule has 0 unspecified atom stereocenters. The topological polar surface area (TPSA) is 64.1 Å². The highest BCUT2D eigenvalue weighted by molar-refractivity contribution is 5.74. The Bertz CT molecular complexity index is 364. The first-order valence-corrected chi connectivity index (χ1v) is 4.15. The number of esters is 1. The number of alkyl halides is 3. The van der Waals surface area contributed by atoms with E-state index in [1.165, 1.54) is 7.11 Å². The van der Waals surface area contributed by atoms with Crippen molar-refractivity contribution in [2.24, 2.45) is 0 Å². The van der Waals surface area contributed by atoms with E-state index in [1.807, 2.05) is 0 Å². The summed E-state index contributed by atoms with van der Waals surface area (Å²) in [6.45, 7) is -0.184. The van der Waals surface area contributed by atoms with Crippen LogP contribution in [0, 0.1) is 0 Å². The van der Waals surface area contributed by atoms with Gasteiger partial charge in [-0.05, 0) is 12.1 Å². The van der Waals surface area contributed by atoms with Crippen molar-refractivity contribution in [2.75, 3.05) is 19.0 Å². The highest BCUT2D eigenvalue weighted by Gasteiger charge is 2.32. The van der Waals surface area contributed by atoms with Crippen LogP contribution in [-0.2, 0) is 15.7 Å². The molecule has 0 aliphatic rings. The van der Waals surface area contributed by atoms with Crippen molar-refractivity contribution in [2.45, 2.75) is 6.18 Å². The average Bonchev–Trinajstić information content (AvgIpc) is 2.25. The Balaban J connectivity index is 2.62. The van der Waals surface area contributed by atoms with Crippen molar-refractivity contribution in [3.8, 4) is 0 Å². The maximum absolute atomic E-state index is 12.1. The number of nitrogens with zero attached hydrogens (tertiary/aromatic N) is 2. The molecular weight excluding hydrogens is 227 g/mol. The molecule has 0 fully saturated rings. The third-order valence-corrected chi connectivity index (χ3v) is 1.60. The lowest BCUT2D eigenvalue weighted by atomic mass is 10.4. The molecule has 8 heteroatoms. The minimum Gasteiger partial charge on any atom is -0.468 e. The maximum atomic E-state index is 12.1. The lowest BCUT2D eigenvalue weighted by molar-refractivity contribution is -0.142. The normalized spacial score (nSPS) is 11.0. The van der Waals surface area contributed by atoms with Gasteiger partial charge in [-0.25, -0.2) is 0 Å². The summed E-state index contributed by atoms with van der Waals surface area (Å²) >= 11 is 0. The smallest absolute Gasteiger partial charge is 0.435 e. The molecule has 1 rings (SSSR count). The first-order chi connectivity index (χ1) is 7.43. The molecule has 16 heavy (non-hydrogen) atoms. The quantitative estimate of drug-likeness (QED) is 0.794. The highest BCUT2D eigenvalue weighted by atomic mass is 19.4. The van der Waals surface area contributed by atoms with Crippen LogP contribution in [0.3, 0.4) is 0 Å². The van der Waals surface area contributed by atoms with Gasteiger partial charge in [0, 0.05) is 0 Å². The van der Waals surface area contributed by atoms with Crippen molar-refractivity contribution in [3.63, 3.8) is 0 Å². The Morgan fingerprint density at radius 1 is 1.44 bits per heavy atom. The van der Waals surface area contributed by atoms with Crippen molar-refractivity contribution in [3.05, 3.63) is 17.8 Å². The standard InChI is InChI=1S/C8H8F3N3O2/c1-16-7(15)4-12-6-3-2-5(13-14-6)8(9,10)11/h2-3H,4H2,1H3,(H,12,14). The Kier molecular flexibility index (Phi) is 3.64. The van der Waals surface area contributed by atoms with Crippen LogP contribution in [0.5, 0.6) is 0 Å². The molecule has 5 nitrogen and oxygen atoms in total. The summed E-state index contributed by atoms with van der Waals surface area (Å²) in [6.07, 6.45) is -4.52. The summed E-state index contributed by atoms with van der Waals surface area (Å²) in [7, 11) is 1.20. The average molecular weight is 235 g/mol. The minimum atomic E-state index is -4.52. The summed E-state index contributed by atoms with van der Waals surface area (Å²) in [6, 6.07) is 1.85. The number of ether oxygens (including phenoxy) is 1. The van der Waals surface area contributed by atoms with E-state index in [9.17, 15) is 18.0 Å². The summed E-state index contributed by atoms with van der Waals surface area (Å²) in [5.74, 6) is -0.486. The molecular formula is C8H8F3N3O2. The first kappa shape index (κ1) is 12.2. The number of carbonyl (C=O) groups excluding carboxylic acids is 1. The van der Waals surface area contributed by atoms with Crippen molar-refractivity contribution in [1.82, 2.24) is 10.2 Å². The van der Waals surface area contributed by atoms with Crippen LogP contribution >= 0.6 is 0 Å². The molecule has 0 aliphatic heterocycles. The largest absolute Gasteiger partial charge is 0.468 e. The molecule has 88 valence electrons. The SMILES string of the molecule is COC(=O)CNc1ccc(C(F)(F)F)nn1. The molecule has 0 radical (unpaired) electrons. The summed E-state index contributed by atoms with van der Waals surface area (Å²) in [5.41, 5.74) is -1.09. The molecule has 0 saturated carbocycles. The van der Waals surface area contributed by atoms with E-state index in [-0.39, 0.29) is 12.4 Å². The third-order valence-electron chi connectivity index (χ3n) is 1.60. The number of hydrogen-bond donors (Lipinski definition) is 1. The predicted octanol–water partition coefficient (Wildman–Crippen LogP) is 1.08. The number of rotatable bonds is 3. The Labute approximate surface area is 88.6 Å². The number of nitrogens with one attached hydrogen (secondary N) is 1. The fourth-order valence-electron chi connectivity index (χ4n) is 0.813. The number of halogens is 3. The van der Waals surface area contributed by atoms with Gasteiger partial charge in [-0.15, -0.1) is 10.2 Å². The lowest BCUT2D eigenvalue weighted by Crippen LogP contribution is -2.16. The second-order valence-corrected chi connectivity index (χ2v) is 2.73. The monoisotopic (exact) mass is 235 g/mol. The van der Waals surface area contributed by atoms with Gasteiger partial charge in [-0.3, -0.25) is 4.79 Å². The van der Waals surface area contributed by atoms with Crippen molar-refractivity contribution < 1.29 is 22.7 Å². The van der Waals surface area contributed by atoms with Gasteiger partial charge in [0.25, 0.3) is 0 Å². The second kappa shape index (κ2) is 4.77. The number of hydrogen-bond acceptors (Lipinski definition) is 5. The molecule has 1 aromatic rings.